The van der Waals surface area contributed by atoms with Gasteiger partial charge in [0, 0.05) is 31.5 Å². The van der Waals surface area contributed by atoms with Gasteiger partial charge in [-0.3, -0.25) is 9.69 Å². The van der Waals surface area contributed by atoms with Gasteiger partial charge < -0.3 is 4.74 Å². The predicted molar refractivity (Wildman–Crippen MR) is 92.2 cm³/mol. The Morgan fingerprint density at radius 2 is 2.00 bits per heavy atom. The summed E-state index contributed by atoms with van der Waals surface area (Å²) in [6.07, 6.45) is 3.04. The number of nitrogens with zero attached hydrogens (tertiary/aromatic N) is 1. The number of rotatable bonds is 7. The summed E-state index contributed by atoms with van der Waals surface area (Å²) in [6, 6.07) is 0. The van der Waals surface area contributed by atoms with Crippen LogP contribution in [0.1, 0.15) is 39.5 Å². The minimum absolute atomic E-state index is 0.0418. The first kappa shape index (κ1) is 18.3. The van der Waals surface area contributed by atoms with Crippen molar-refractivity contribution in [3.8, 4) is 0 Å². The molecule has 2 bridgehead atoms. The first-order valence-corrected chi connectivity index (χ1v) is 10.7. The van der Waals surface area contributed by atoms with Crippen molar-refractivity contribution in [2.75, 3.05) is 45.1 Å². The standard InChI is InChI=1S/C17H30N2O4S/c1-16(2)14-4-5-17(16,15(20)12-14)13-24(21,22)18-6-3-7-19-8-10-23-11-9-19/h14,18H,3-13H2,1-2H3. The van der Waals surface area contributed by atoms with Crippen molar-refractivity contribution in [3.63, 3.8) is 0 Å². The molecule has 1 saturated heterocycles. The SMILES string of the molecule is CC1(C)C2CCC1(CS(=O)(=O)NCCCN1CCOCC1)C(=O)C2. The topological polar surface area (TPSA) is 75.7 Å². The fraction of sp³-hybridized carbons (Fsp3) is 0.941. The second kappa shape index (κ2) is 6.67. The van der Waals surface area contributed by atoms with E-state index in [-0.39, 0.29) is 17.0 Å². The summed E-state index contributed by atoms with van der Waals surface area (Å²) in [7, 11) is -3.43. The van der Waals surface area contributed by atoms with Gasteiger partial charge in [0.15, 0.2) is 0 Å². The Morgan fingerprint density at radius 1 is 1.29 bits per heavy atom. The summed E-state index contributed by atoms with van der Waals surface area (Å²) in [5.74, 6) is 0.462. The summed E-state index contributed by atoms with van der Waals surface area (Å²) in [5, 5.41) is 0. The Kier molecular flexibility index (Phi) is 5.08. The molecule has 0 amide bonds. The predicted octanol–water partition coefficient (Wildman–Crippen LogP) is 1.02. The van der Waals surface area contributed by atoms with Crippen LogP contribution in [0.4, 0.5) is 0 Å². The van der Waals surface area contributed by atoms with Gasteiger partial charge >= 0.3 is 0 Å². The van der Waals surface area contributed by atoms with E-state index in [1.807, 2.05) is 0 Å². The van der Waals surface area contributed by atoms with Crippen LogP contribution in [0.2, 0.25) is 0 Å². The molecular formula is C17H30N2O4S. The van der Waals surface area contributed by atoms with E-state index in [4.69, 9.17) is 4.74 Å². The van der Waals surface area contributed by atoms with E-state index in [1.54, 1.807) is 0 Å². The number of carbonyl (C=O) groups is 1. The quantitative estimate of drug-likeness (QED) is 0.688. The number of morpholine rings is 1. The lowest BCUT2D eigenvalue weighted by atomic mass is 9.70. The molecule has 2 saturated carbocycles. The number of nitrogens with one attached hydrogen (secondary N) is 1. The van der Waals surface area contributed by atoms with E-state index >= 15 is 0 Å². The normalized spacial score (nSPS) is 33.2. The molecular weight excluding hydrogens is 328 g/mol. The Hall–Kier alpha value is -0.500. The van der Waals surface area contributed by atoms with Crippen LogP contribution in [0.15, 0.2) is 0 Å². The molecule has 0 spiro atoms. The molecule has 0 radical (unpaired) electrons. The fourth-order valence-corrected chi connectivity index (χ4v) is 6.72. The van der Waals surface area contributed by atoms with Crippen LogP contribution in [0.3, 0.4) is 0 Å². The third kappa shape index (κ3) is 3.28. The Balaban J connectivity index is 1.51. The zero-order chi connectivity index (χ0) is 17.4. The smallest absolute Gasteiger partial charge is 0.212 e. The molecule has 0 aromatic carbocycles. The maximum absolute atomic E-state index is 12.6. The molecule has 1 aliphatic heterocycles. The number of fused-ring (bicyclic) bond motifs is 2. The third-order valence-corrected chi connectivity index (χ3v) is 8.17. The average Bonchev–Trinajstić information content (AvgIpc) is 2.86. The number of hydrogen-bond donors (Lipinski definition) is 1. The minimum Gasteiger partial charge on any atom is -0.379 e. The van der Waals surface area contributed by atoms with E-state index in [2.05, 4.69) is 23.5 Å². The molecule has 6 nitrogen and oxygen atoms in total. The van der Waals surface area contributed by atoms with Crippen molar-refractivity contribution in [1.82, 2.24) is 9.62 Å². The van der Waals surface area contributed by atoms with Gasteiger partial charge in [-0.05, 0) is 37.1 Å². The summed E-state index contributed by atoms with van der Waals surface area (Å²) >= 11 is 0. The number of sulfonamides is 1. The van der Waals surface area contributed by atoms with Gasteiger partial charge in [-0.25, -0.2) is 13.1 Å². The molecule has 3 rings (SSSR count). The fourth-order valence-electron chi connectivity index (χ4n) is 4.84. The Labute approximate surface area is 145 Å². The molecule has 0 aromatic rings. The molecule has 3 aliphatic rings. The molecule has 7 heteroatoms. The van der Waals surface area contributed by atoms with Crippen LogP contribution >= 0.6 is 0 Å². The Morgan fingerprint density at radius 3 is 2.58 bits per heavy atom. The molecule has 2 aliphatic carbocycles. The summed E-state index contributed by atoms with van der Waals surface area (Å²) in [6.45, 7) is 8.81. The van der Waals surface area contributed by atoms with Crippen molar-refractivity contribution in [3.05, 3.63) is 0 Å². The lowest BCUT2D eigenvalue weighted by Gasteiger charge is -2.36. The molecule has 2 atom stereocenters. The molecule has 24 heavy (non-hydrogen) atoms. The van der Waals surface area contributed by atoms with Crippen LogP contribution in [0.25, 0.3) is 0 Å². The summed E-state index contributed by atoms with van der Waals surface area (Å²) in [4.78, 5) is 14.8. The second-order valence-electron chi connectivity index (χ2n) is 8.13. The Bertz CT molecular complexity index is 583. The van der Waals surface area contributed by atoms with Crippen LogP contribution in [-0.4, -0.2) is 64.2 Å². The molecule has 3 fully saturated rings. The minimum atomic E-state index is -3.43. The maximum Gasteiger partial charge on any atom is 0.212 e. The number of ketones is 1. The maximum atomic E-state index is 12.6. The average molecular weight is 359 g/mol. The van der Waals surface area contributed by atoms with Gasteiger partial charge in [0.2, 0.25) is 10.0 Å². The van der Waals surface area contributed by atoms with Gasteiger partial charge in [-0.15, -0.1) is 0 Å². The second-order valence-corrected chi connectivity index (χ2v) is 9.93. The zero-order valence-corrected chi connectivity index (χ0v) is 15.7. The van der Waals surface area contributed by atoms with E-state index < -0.39 is 15.4 Å². The van der Waals surface area contributed by atoms with Crippen molar-refractivity contribution >= 4 is 15.8 Å². The van der Waals surface area contributed by atoms with Crippen LogP contribution in [-0.2, 0) is 19.6 Å². The van der Waals surface area contributed by atoms with Crippen molar-refractivity contribution < 1.29 is 17.9 Å². The zero-order valence-electron chi connectivity index (χ0n) is 14.8. The highest BCUT2D eigenvalue weighted by atomic mass is 32.2. The summed E-state index contributed by atoms with van der Waals surface area (Å²) < 4.78 is 33.1. The monoisotopic (exact) mass is 358 g/mol. The van der Waals surface area contributed by atoms with E-state index in [1.165, 1.54) is 0 Å². The van der Waals surface area contributed by atoms with Gasteiger partial charge in [0.1, 0.15) is 5.78 Å². The lowest BCUT2D eigenvalue weighted by molar-refractivity contribution is -0.128. The largest absolute Gasteiger partial charge is 0.379 e. The molecule has 0 aromatic heterocycles. The van der Waals surface area contributed by atoms with Crippen LogP contribution < -0.4 is 4.72 Å². The van der Waals surface area contributed by atoms with Crippen molar-refractivity contribution in [2.24, 2.45) is 16.7 Å². The third-order valence-electron chi connectivity index (χ3n) is 6.65. The van der Waals surface area contributed by atoms with Crippen molar-refractivity contribution in [1.29, 1.82) is 0 Å². The number of Topliss-reactive ketones (excluding diaryl/α,β-unsaturated/α-hetero) is 1. The molecule has 1 N–H and O–H groups in total. The van der Waals surface area contributed by atoms with Gasteiger partial charge in [0.05, 0.1) is 19.0 Å². The molecule has 1 heterocycles. The highest BCUT2D eigenvalue weighted by molar-refractivity contribution is 7.89. The highest BCUT2D eigenvalue weighted by Gasteiger charge is 2.65. The lowest BCUT2D eigenvalue weighted by Crippen LogP contribution is -2.45. The first-order chi connectivity index (χ1) is 11.3. The molecule has 2 unspecified atom stereocenters. The number of ether oxygens (including phenoxy) is 1. The van der Waals surface area contributed by atoms with Gasteiger partial charge in [0.25, 0.3) is 0 Å². The van der Waals surface area contributed by atoms with Gasteiger partial charge in [-0.1, -0.05) is 13.8 Å². The van der Waals surface area contributed by atoms with E-state index in [9.17, 15) is 13.2 Å². The number of hydrogen-bond acceptors (Lipinski definition) is 5. The van der Waals surface area contributed by atoms with E-state index in [0.717, 1.165) is 52.1 Å². The molecule has 138 valence electrons. The van der Waals surface area contributed by atoms with Gasteiger partial charge in [-0.2, -0.15) is 0 Å². The van der Waals surface area contributed by atoms with Crippen LogP contribution in [0.5, 0.6) is 0 Å². The van der Waals surface area contributed by atoms with E-state index in [0.29, 0.717) is 18.9 Å². The number of carbonyl (C=O) groups excluding carboxylic acids is 1. The first-order valence-electron chi connectivity index (χ1n) is 9.08. The highest BCUT2D eigenvalue weighted by Crippen LogP contribution is 2.64. The van der Waals surface area contributed by atoms with Crippen molar-refractivity contribution in [2.45, 2.75) is 39.5 Å². The summed E-state index contributed by atoms with van der Waals surface area (Å²) in [5.41, 5.74) is -0.875. The van der Waals surface area contributed by atoms with Crippen LogP contribution in [0, 0.1) is 16.7 Å².